The van der Waals surface area contributed by atoms with Crippen LogP contribution in [-0.2, 0) is 23.8 Å². The fraction of sp³-hybridized carbons (Fsp3) is 0.788. The largest absolute Gasteiger partial charge is 0.323 e. The van der Waals surface area contributed by atoms with E-state index in [9.17, 15) is 4.57 Å². The van der Waals surface area contributed by atoms with Gasteiger partial charge in [0.2, 0.25) is 0 Å². The smallest absolute Gasteiger partial charge is 0.0951 e. The van der Waals surface area contributed by atoms with E-state index in [1.165, 1.54) is 93.0 Å². The van der Waals surface area contributed by atoms with Gasteiger partial charge < -0.3 is 4.57 Å². The van der Waals surface area contributed by atoms with Crippen molar-refractivity contribution >= 4 is 7.14 Å². The SMILES string of the molecule is CCCCc1ccc(C[C](C)P(=O)(CC(CC)CCCC)CC(CC)CCCC)c(CCCC)c1. The lowest BCUT2D eigenvalue weighted by molar-refractivity contribution is 0.462. The zero-order valence-electron chi connectivity index (χ0n) is 24.8. The van der Waals surface area contributed by atoms with Crippen molar-refractivity contribution in [2.75, 3.05) is 12.3 Å². The number of aryl methyl sites for hydroxylation is 2. The number of benzene rings is 1. The van der Waals surface area contributed by atoms with E-state index in [2.05, 4.69) is 66.7 Å². The quantitative estimate of drug-likeness (QED) is 0.152. The van der Waals surface area contributed by atoms with Gasteiger partial charge in [0.05, 0.1) is 7.14 Å². The highest BCUT2D eigenvalue weighted by Crippen LogP contribution is 2.60. The number of unbranched alkanes of at least 4 members (excludes halogenated alkanes) is 4. The van der Waals surface area contributed by atoms with Crippen molar-refractivity contribution in [3.8, 4) is 0 Å². The lowest BCUT2D eigenvalue weighted by Crippen LogP contribution is -2.18. The van der Waals surface area contributed by atoms with Crippen LogP contribution < -0.4 is 0 Å². The number of hydrogen-bond acceptors (Lipinski definition) is 1. The summed E-state index contributed by atoms with van der Waals surface area (Å²) in [5.41, 5.74) is 5.75. The molecule has 0 fully saturated rings. The molecule has 2 atom stereocenters. The summed E-state index contributed by atoms with van der Waals surface area (Å²) in [5.74, 6) is 1.21. The molecule has 0 spiro atoms. The summed E-state index contributed by atoms with van der Waals surface area (Å²) < 4.78 is 14.9. The van der Waals surface area contributed by atoms with Gasteiger partial charge in [-0.1, -0.05) is 131 Å². The van der Waals surface area contributed by atoms with Gasteiger partial charge >= 0.3 is 0 Å². The molecule has 35 heavy (non-hydrogen) atoms. The summed E-state index contributed by atoms with van der Waals surface area (Å²) in [5, 5.41) is 0. The van der Waals surface area contributed by atoms with E-state index in [1.807, 2.05) is 0 Å². The first kappa shape index (κ1) is 32.5. The average Bonchev–Trinajstić information content (AvgIpc) is 2.87. The third kappa shape index (κ3) is 12.0. The van der Waals surface area contributed by atoms with Crippen LogP contribution in [-0.4, -0.2) is 12.3 Å². The molecular weight excluding hydrogens is 443 g/mol. The number of hydrogen-bond donors (Lipinski definition) is 0. The second kappa shape index (κ2) is 18.7. The minimum Gasteiger partial charge on any atom is -0.323 e. The average molecular weight is 504 g/mol. The third-order valence-electron chi connectivity index (χ3n) is 8.22. The van der Waals surface area contributed by atoms with Gasteiger partial charge in [0.15, 0.2) is 0 Å². The monoisotopic (exact) mass is 503 g/mol. The summed E-state index contributed by atoms with van der Waals surface area (Å²) in [4.78, 5) is 0. The Morgan fingerprint density at radius 1 is 0.714 bits per heavy atom. The molecule has 0 aliphatic heterocycles. The van der Waals surface area contributed by atoms with E-state index in [0.717, 1.165) is 38.0 Å². The van der Waals surface area contributed by atoms with Crippen LogP contribution in [0.2, 0.25) is 0 Å². The van der Waals surface area contributed by atoms with Gasteiger partial charge in [0.25, 0.3) is 0 Å². The first-order chi connectivity index (χ1) is 16.9. The fourth-order valence-electron chi connectivity index (χ4n) is 5.46. The van der Waals surface area contributed by atoms with E-state index in [1.54, 1.807) is 0 Å². The predicted octanol–water partition coefficient (Wildman–Crippen LogP) is 11.3. The lowest BCUT2D eigenvalue weighted by atomic mass is 9.95. The van der Waals surface area contributed by atoms with Gasteiger partial charge in [-0.25, -0.2) is 0 Å². The van der Waals surface area contributed by atoms with Gasteiger partial charge in [-0.2, -0.15) is 0 Å². The standard InChI is InChI=1S/C33H60OP/c1-8-14-18-29(12-5)26-35(34,27-30(13-6)19-15-9-2)28(7)24-33-23-22-31(20-16-10-3)25-32(33)21-17-11-4/h22-23,25,29-30H,8-21,24,26-27H2,1-7H3. The summed E-state index contributed by atoms with van der Waals surface area (Å²) in [6.07, 6.45) is 19.9. The molecule has 1 radical (unpaired) electrons. The normalized spacial score (nSPS) is 15.3. The molecule has 0 N–H and O–H groups in total. The maximum atomic E-state index is 14.9. The van der Waals surface area contributed by atoms with Crippen molar-refractivity contribution in [3.63, 3.8) is 0 Å². The van der Waals surface area contributed by atoms with Gasteiger partial charge in [-0.3, -0.25) is 0 Å². The van der Waals surface area contributed by atoms with E-state index in [4.69, 9.17) is 0 Å². The van der Waals surface area contributed by atoms with Gasteiger partial charge in [0.1, 0.15) is 0 Å². The summed E-state index contributed by atoms with van der Waals surface area (Å²) in [6, 6.07) is 7.21. The Morgan fingerprint density at radius 3 is 1.71 bits per heavy atom. The summed E-state index contributed by atoms with van der Waals surface area (Å²) in [6.45, 7) is 16.0. The van der Waals surface area contributed by atoms with Crippen LogP contribution in [0.3, 0.4) is 0 Å². The maximum Gasteiger partial charge on any atom is 0.0951 e. The van der Waals surface area contributed by atoms with Crippen LogP contribution in [0.15, 0.2) is 18.2 Å². The molecule has 0 aliphatic carbocycles. The van der Waals surface area contributed by atoms with Crippen LogP contribution >= 0.6 is 7.14 Å². The van der Waals surface area contributed by atoms with E-state index < -0.39 is 7.14 Å². The molecular formula is C33H60OP. The minimum atomic E-state index is -2.36. The molecule has 2 heteroatoms. The van der Waals surface area contributed by atoms with Crippen LogP contribution in [0.1, 0.15) is 142 Å². The predicted molar refractivity (Wildman–Crippen MR) is 160 cm³/mol. The third-order valence-corrected chi connectivity index (χ3v) is 12.0. The zero-order chi connectivity index (χ0) is 26.1. The Bertz CT molecular complexity index is 687. The summed E-state index contributed by atoms with van der Waals surface area (Å²) >= 11 is 0. The highest BCUT2D eigenvalue weighted by Gasteiger charge is 2.35. The summed E-state index contributed by atoms with van der Waals surface area (Å²) in [7, 11) is -2.36. The Labute approximate surface area is 221 Å². The Morgan fingerprint density at radius 2 is 1.23 bits per heavy atom. The maximum absolute atomic E-state index is 14.9. The molecule has 1 aromatic rings. The molecule has 0 aliphatic rings. The van der Waals surface area contributed by atoms with Gasteiger partial charge in [-0.15, -0.1) is 0 Å². The van der Waals surface area contributed by atoms with Crippen molar-refractivity contribution in [1.29, 1.82) is 0 Å². The van der Waals surface area contributed by atoms with E-state index in [0.29, 0.717) is 11.8 Å². The molecule has 1 aromatic carbocycles. The Hall–Kier alpha value is -0.550. The van der Waals surface area contributed by atoms with Crippen molar-refractivity contribution in [2.45, 2.75) is 145 Å². The molecule has 0 saturated heterocycles. The topological polar surface area (TPSA) is 17.1 Å². The Kier molecular flexibility index (Phi) is 17.3. The second-order valence-corrected chi connectivity index (χ2v) is 14.6. The van der Waals surface area contributed by atoms with Gasteiger partial charge in [0, 0.05) is 18.0 Å². The molecule has 2 unspecified atom stereocenters. The zero-order valence-corrected chi connectivity index (χ0v) is 25.7. The van der Waals surface area contributed by atoms with E-state index in [-0.39, 0.29) is 0 Å². The first-order valence-electron chi connectivity index (χ1n) is 15.4. The van der Waals surface area contributed by atoms with Crippen molar-refractivity contribution in [3.05, 3.63) is 40.5 Å². The molecule has 0 heterocycles. The molecule has 0 aromatic heterocycles. The van der Waals surface area contributed by atoms with Crippen molar-refractivity contribution in [1.82, 2.24) is 0 Å². The van der Waals surface area contributed by atoms with Crippen LogP contribution in [0, 0.1) is 17.5 Å². The molecule has 203 valence electrons. The minimum absolute atomic E-state index is 0.607. The van der Waals surface area contributed by atoms with Crippen LogP contribution in [0.5, 0.6) is 0 Å². The van der Waals surface area contributed by atoms with Gasteiger partial charge in [-0.05, 0) is 60.6 Å². The van der Waals surface area contributed by atoms with Crippen molar-refractivity contribution in [2.24, 2.45) is 11.8 Å². The number of rotatable bonds is 21. The molecule has 0 saturated carbocycles. The highest BCUT2D eigenvalue weighted by atomic mass is 31.2. The first-order valence-corrected chi connectivity index (χ1v) is 17.5. The lowest BCUT2D eigenvalue weighted by Gasteiger charge is -2.32. The molecule has 1 rings (SSSR count). The van der Waals surface area contributed by atoms with Crippen LogP contribution in [0.4, 0.5) is 0 Å². The van der Waals surface area contributed by atoms with Crippen LogP contribution in [0.25, 0.3) is 0 Å². The fourth-order valence-corrected chi connectivity index (χ4v) is 9.24. The van der Waals surface area contributed by atoms with E-state index >= 15 is 0 Å². The Balaban J connectivity index is 3.20. The molecule has 0 bridgehead atoms. The second-order valence-electron chi connectivity index (χ2n) is 11.3. The molecule has 1 nitrogen and oxygen atoms in total. The molecule has 0 amide bonds. The van der Waals surface area contributed by atoms with Crippen molar-refractivity contribution < 1.29 is 4.57 Å². The highest BCUT2D eigenvalue weighted by molar-refractivity contribution is 7.67.